The van der Waals surface area contributed by atoms with Gasteiger partial charge in [-0.1, -0.05) is 52.7 Å². The van der Waals surface area contributed by atoms with Gasteiger partial charge in [-0.2, -0.15) is 0 Å². The highest BCUT2D eigenvalue weighted by molar-refractivity contribution is 5.89. The fourth-order valence-corrected chi connectivity index (χ4v) is 2.25. The van der Waals surface area contributed by atoms with Crippen LogP contribution in [0.15, 0.2) is 24.3 Å². The quantitative estimate of drug-likeness (QED) is 0.661. The van der Waals surface area contributed by atoms with Crippen LogP contribution in [0.3, 0.4) is 0 Å². The summed E-state index contributed by atoms with van der Waals surface area (Å²) >= 11 is 0. The van der Waals surface area contributed by atoms with Crippen molar-refractivity contribution in [2.24, 2.45) is 11.8 Å². The predicted molar refractivity (Wildman–Crippen MR) is 90.7 cm³/mol. The van der Waals surface area contributed by atoms with Crippen LogP contribution in [0.1, 0.15) is 52.5 Å². The monoisotopic (exact) mass is 290 g/mol. The van der Waals surface area contributed by atoms with Crippen molar-refractivity contribution in [3.63, 3.8) is 0 Å². The van der Waals surface area contributed by atoms with Crippen molar-refractivity contribution in [1.82, 2.24) is 5.32 Å². The molecule has 1 rings (SSSR count). The van der Waals surface area contributed by atoms with E-state index >= 15 is 0 Å². The number of unbranched alkanes of at least 4 members (excludes halogenated alkanes) is 1. The van der Waals surface area contributed by atoms with Gasteiger partial charge in [-0.3, -0.25) is 0 Å². The summed E-state index contributed by atoms with van der Waals surface area (Å²) in [6.45, 7) is 9.61. The Morgan fingerprint density at radius 2 is 1.67 bits per heavy atom. The lowest BCUT2D eigenvalue weighted by atomic mass is 10.0. The minimum atomic E-state index is -0.115. The smallest absolute Gasteiger partial charge is 0.319 e. The average molecular weight is 290 g/mol. The molecule has 118 valence electrons. The third-order valence-electron chi connectivity index (χ3n) is 3.35. The molecular formula is C18H30N2O. The van der Waals surface area contributed by atoms with Gasteiger partial charge in [-0.25, -0.2) is 4.79 Å². The molecule has 0 unspecified atom stereocenters. The number of hydrogen-bond donors (Lipinski definition) is 2. The molecule has 21 heavy (non-hydrogen) atoms. The van der Waals surface area contributed by atoms with Crippen molar-refractivity contribution in [3.8, 4) is 0 Å². The van der Waals surface area contributed by atoms with Gasteiger partial charge in [0.15, 0.2) is 0 Å². The van der Waals surface area contributed by atoms with Gasteiger partial charge in [0, 0.05) is 12.2 Å². The van der Waals surface area contributed by atoms with Gasteiger partial charge < -0.3 is 10.6 Å². The summed E-state index contributed by atoms with van der Waals surface area (Å²) in [5, 5.41) is 5.77. The molecular weight excluding hydrogens is 260 g/mol. The van der Waals surface area contributed by atoms with Crippen LogP contribution < -0.4 is 10.6 Å². The SMILES string of the molecule is CC(C)CCCCNC(=O)Nc1ccc(CC(C)C)cc1. The number of rotatable bonds is 8. The molecule has 0 fully saturated rings. The van der Waals surface area contributed by atoms with E-state index in [1.165, 1.54) is 18.4 Å². The largest absolute Gasteiger partial charge is 0.338 e. The van der Waals surface area contributed by atoms with Crippen molar-refractivity contribution in [2.45, 2.75) is 53.4 Å². The van der Waals surface area contributed by atoms with Crippen molar-refractivity contribution in [2.75, 3.05) is 11.9 Å². The highest BCUT2D eigenvalue weighted by Gasteiger charge is 2.02. The second kappa shape index (κ2) is 9.43. The molecule has 2 amide bonds. The van der Waals surface area contributed by atoms with E-state index in [1.807, 2.05) is 12.1 Å². The number of hydrogen-bond acceptors (Lipinski definition) is 1. The molecule has 0 spiro atoms. The van der Waals surface area contributed by atoms with Gasteiger partial charge in [0.1, 0.15) is 0 Å². The molecule has 0 heterocycles. The summed E-state index contributed by atoms with van der Waals surface area (Å²) in [6.07, 6.45) is 4.50. The summed E-state index contributed by atoms with van der Waals surface area (Å²) < 4.78 is 0. The molecule has 0 saturated carbocycles. The number of benzene rings is 1. The Kier molecular flexibility index (Phi) is 7.88. The first kappa shape index (κ1) is 17.5. The predicted octanol–water partition coefficient (Wildman–Crippen LogP) is 4.83. The minimum absolute atomic E-state index is 0.115. The Balaban J connectivity index is 2.25. The molecule has 0 aliphatic carbocycles. The Labute approximate surface area is 129 Å². The van der Waals surface area contributed by atoms with E-state index in [4.69, 9.17) is 0 Å². The number of anilines is 1. The van der Waals surface area contributed by atoms with Crippen LogP contribution in [0.4, 0.5) is 10.5 Å². The highest BCUT2D eigenvalue weighted by Crippen LogP contribution is 2.13. The maximum absolute atomic E-state index is 11.7. The molecule has 1 aromatic rings. The van der Waals surface area contributed by atoms with E-state index in [2.05, 4.69) is 50.5 Å². The van der Waals surface area contributed by atoms with Crippen LogP contribution in [0, 0.1) is 11.8 Å². The number of urea groups is 1. The Hall–Kier alpha value is -1.51. The molecule has 0 atom stereocenters. The highest BCUT2D eigenvalue weighted by atomic mass is 16.2. The standard InChI is InChI=1S/C18H30N2O/c1-14(2)7-5-6-12-19-18(21)20-17-10-8-16(9-11-17)13-15(3)4/h8-11,14-15H,5-7,12-13H2,1-4H3,(H2,19,20,21). The van der Waals surface area contributed by atoms with E-state index in [9.17, 15) is 4.79 Å². The zero-order valence-electron chi connectivity index (χ0n) is 13.9. The molecule has 0 radical (unpaired) electrons. The third kappa shape index (κ3) is 8.38. The van der Waals surface area contributed by atoms with Gasteiger partial charge in [-0.15, -0.1) is 0 Å². The maximum atomic E-state index is 11.7. The molecule has 0 aromatic heterocycles. The van der Waals surface area contributed by atoms with E-state index in [0.717, 1.165) is 31.0 Å². The summed E-state index contributed by atoms with van der Waals surface area (Å²) in [4.78, 5) is 11.7. The molecule has 1 aromatic carbocycles. The van der Waals surface area contributed by atoms with Gasteiger partial charge >= 0.3 is 6.03 Å². The van der Waals surface area contributed by atoms with Crippen LogP contribution in [-0.2, 0) is 6.42 Å². The maximum Gasteiger partial charge on any atom is 0.319 e. The zero-order chi connectivity index (χ0) is 15.7. The van der Waals surface area contributed by atoms with Crippen molar-refractivity contribution in [3.05, 3.63) is 29.8 Å². The summed E-state index contributed by atoms with van der Waals surface area (Å²) in [5.41, 5.74) is 2.16. The first-order valence-electron chi connectivity index (χ1n) is 8.11. The van der Waals surface area contributed by atoms with Gasteiger partial charge in [0.2, 0.25) is 0 Å². The summed E-state index contributed by atoms with van der Waals surface area (Å²) in [6, 6.07) is 7.99. The minimum Gasteiger partial charge on any atom is -0.338 e. The third-order valence-corrected chi connectivity index (χ3v) is 3.35. The van der Waals surface area contributed by atoms with Gasteiger partial charge in [0.25, 0.3) is 0 Å². The van der Waals surface area contributed by atoms with Crippen LogP contribution in [0.5, 0.6) is 0 Å². The Morgan fingerprint density at radius 1 is 1.00 bits per heavy atom. The van der Waals surface area contributed by atoms with Gasteiger partial charge in [-0.05, 0) is 42.4 Å². The van der Waals surface area contributed by atoms with E-state index < -0.39 is 0 Å². The average Bonchev–Trinajstić information content (AvgIpc) is 2.39. The van der Waals surface area contributed by atoms with Crippen LogP contribution in [0.25, 0.3) is 0 Å². The summed E-state index contributed by atoms with van der Waals surface area (Å²) in [7, 11) is 0. The number of carbonyl (C=O) groups is 1. The molecule has 3 heteroatoms. The van der Waals surface area contributed by atoms with Crippen LogP contribution in [-0.4, -0.2) is 12.6 Å². The lowest BCUT2D eigenvalue weighted by molar-refractivity contribution is 0.252. The van der Waals surface area contributed by atoms with E-state index in [1.54, 1.807) is 0 Å². The van der Waals surface area contributed by atoms with Gasteiger partial charge in [0.05, 0.1) is 0 Å². The molecule has 2 N–H and O–H groups in total. The van der Waals surface area contributed by atoms with E-state index in [-0.39, 0.29) is 6.03 Å². The molecule has 3 nitrogen and oxygen atoms in total. The Bertz CT molecular complexity index is 410. The molecule has 0 aliphatic rings. The lowest BCUT2D eigenvalue weighted by Crippen LogP contribution is -2.29. The lowest BCUT2D eigenvalue weighted by Gasteiger charge is -2.09. The van der Waals surface area contributed by atoms with Crippen LogP contribution in [0.2, 0.25) is 0 Å². The fraction of sp³-hybridized carbons (Fsp3) is 0.611. The number of amides is 2. The molecule has 0 bridgehead atoms. The Morgan fingerprint density at radius 3 is 2.24 bits per heavy atom. The van der Waals surface area contributed by atoms with Crippen molar-refractivity contribution >= 4 is 11.7 Å². The second-order valence-electron chi connectivity index (χ2n) is 6.57. The summed E-state index contributed by atoms with van der Waals surface area (Å²) in [5.74, 6) is 1.39. The molecule has 0 aliphatic heterocycles. The number of nitrogens with one attached hydrogen (secondary N) is 2. The topological polar surface area (TPSA) is 41.1 Å². The van der Waals surface area contributed by atoms with Crippen molar-refractivity contribution < 1.29 is 4.79 Å². The van der Waals surface area contributed by atoms with E-state index in [0.29, 0.717) is 5.92 Å². The first-order chi connectivity index (χ1) is 9.97. The van der Waals surface area contributed by atoms with Crippen LogP contribution >= 0.6 is 0 Å². The zero-order valence-corrected chi connectivity index (χ0v) is 13.9. The normalized spacial score (nSPS) is 11.0. The fourth-order valence-electron chi connectivity index (χ4n) is 2.25. The second-order valence-corrected chi connectivity index (χ2v) is 6.57. The number of carbonyl (C=O) groups excluding carboxylic acids is 1. The van der Waals surface area contributed by atoms with Crippen molar-refractivity contribution in [1.29, 1.82) is 0 Å². The first-order valence-corrected chi connectivity index (χ1v) is 8.11. The molecule has 0 saturated heterocycles.